The van der Waals surface area contributed by atoms with Gasteiger partial charge in [0.25, 0.3) is 11.5 Å². The van der Waals surface area contributed by atoms with Gasteiger partial charge in [-0.25, -0.2) is 22.5 Å². The third-order valence-electron chi connectivity index (χ3n) is 7.34. The summed E-state index contributed by atoms with van der Waals surface area (Å²) in [6.45, 7) is 1.29. The van der Waals surface area contributed by atoms with E-state index in [1.54, 1.807) is 6.92 Å². The average Bonchev–Trinajstić information content (AvgIpc) is 3.07. The quantitative estimate of drug-likeness (QED) is 0.334. The van der Waals surface area contributed by atoms with E-state index in [9.17, 15) is 37.1 Å². The Morgan fingerprint density at radius 2 is 1.82 bits per heavy atom. The molecular weight excluding hydrogens is 547 g/mol. The van der Waals surface area contributed by atoms with Crippen LogP contribution < -0.4 is 20.9 Å². The zero-order valence-corrected chi connectivity index (χ0v) is 23.3. The summed E-state index contributed by atoms with van der Waals surface area (Å²) in [5, 5.41) is 16.0. The van der Waals surface area contributed by atoms with Crippen molar-refractivity contribution in [3.63, 3.8) is 0 Å². The van der Waals surface area contributed by atoms with Crippen LogP contribution in [0.4, 0.5) is 4.39 Å². The topological polar surface area (TPSA) is 180 Å². The minimum atomic E-state index is -3.72. The van der Waals surface area contributed by atoms with Gasteiger partial charge in [-0.2, -0.15) is 0 Å². The van der Waals surface area contributed by atoms with Crippen molar-refractivity contribution in [3.05, 3.63) is 57.0 Å². The molecule has 3 aliphatic rings. The summed E-state index contributed by atoms with van der Waals surface area (Å²) in [5.41, 5.74) is -3.20. The summed E-state index contributed by atoms with van der Waals surface area (Å²) in [4.78, 5) is 57.2. The van der Waals surface area contributed by atoms with Crippen LogP contribution in [-0.2, 0) is 38.2 Å². The molecule has 1 aromatic carbocycles. The highest BCUT2D eigenvalue weighted by molar-refractivity contribution is 7.88. The second-order valence-corrected chi connectivity index (χ2v) is 12.4. The van der Waals surface area contributed by atoms with Gasteiger partial charge in [0.2, 0.25) is 15.8 Å². The van der Waals surface area contributed by atoms with Gasteiger partial charge in [-0.3, -0.25) is 23.7 Å². The van der Waals surface area contributed by atoms with E-state index in [-0.39, 0.29) is 44.6 Å². The van der Waals surface area contributed by atoms with Crippen molar-refractivity contribution in [2.24, 2.45) is 0 Å². The molecule has 1 saturated carbocycles. The Morgan fingerprint density at radius 3 is 2.40 bits per heavy atom. The number of likely N-dealkylation sites (N-methyl/N-ethyl adjacent to an activating group) is 1. The van der Waals surface area contributed by atoms with Gasteiger partial charge in [0.1, 0.15) is 11.6 Å². The molecule has 1 aliphatic carbocycles. The molecule has 0 atom stereocenters. The third-order valence-corrected chi connectivity index (χ3v) is 8.14. The summed E-state index contributed by atoms with van der Waals surface area (Å²) >= 11 is 0. The molecule has 3 heterocycles. The number of halogens is 1. The maximum Gasteiger partial charge on any atom is 0.311 e. The number of benzene rings is 1. The second-order valence-electron chi connectivity index (χ2n) is 10.7. The first kappa shape index (κ1) is 29.1. The molecule has 5 rings (SSSR count). The smallest absolute Gasteiger partial charge is 0.311 e. The van der Waals surface area contributed by atoms with Crippen molar-refractivity contribution < 1.29 is 32.3 Å². The molecule has 216 valence electrons. The van der Waals surface area contributed by atoms with E-state index in [0.29, 0.717) is 11.1 Å². The fraction of sp³-hybridized carbons (Fsp3) is 0.480. The molecule has 1 fully saturated rings. The summed E-state index contributed by atoms with van der Waals surface area (Å²) in [6.07, 6.45) is 1.52. The molecule has 40 heavy (non-hydrogen) atoms. The third kappa shape index (κ3) is 5.56. The number of aryl methyl sites for hydroxylation is 1. The van der Waals surface area contributed by atoms with E-state index >= 15 is 0 Å². The van der Waals surface area contributed by atoms with E-state index in [0.717, 1.165) is 15.7 Å². The van der Waals surface area contributed by atoms with E-state index in [1.165, 1.54) is 32.3 Å². The molecule has 0 saturated heterocycles. The first-order chi connectivity index (χ1) is 18.6. The van der Waals surface area contributed by atoms with E-state index in [4.69, 9.17) is 0 Å². The van der Waals surface area contributed by atoms with E-state index in [1.807, 2.05) is 0 Å². The van der Waals surface area contributed by atoms with Crippen LogP contribution in [0.2, 0.25) is 0 Å². The Balaban J connectivity index is 1.78. The van der Waals surface area contributed by atoms with Crippen LogP contribution in [0, 0.1) is 12.7 Å². The van der Waals surface area contributed by atoms with Crippen molar-refractivity contribution in [1.29, 1.82) is 0 Å². The normalized spacial score (nSPS) is 21.7. The highest BCUT2D eigenvalue weighted by atomic mass is 32.2. The molecule has 0 radical (unpaired) electrons. The number of aromatic nitrogens is 2. The predicted octanol–water partition coefficient (Wildman–Crippen LogP) is -0.398. The fourth-order valence-corrected chi connectivity index (χ4v) is 6.38. The molecule has 2 aromatic rings. The van der Waals surface area contributed by atoms with Gasteiger partial charge in [-0.05, 0) is 49.8 Å². The lowest BCUT2D eigenvalue weighted by Crippen LogP contribution is -2.57. The number of aromatic hydroxyl groups is 1. The van der Waals surface area contributed by atoms with Gasteiger partial charge in [-0.15, -0.1) is 0 Å². The van der Waals surface area contributed by atoms with E-state index < -0.39 is 61.6 Å². The van der Waals surface area contributed by atoms with Gasteiger partial charge in [0.15, 0.2) is 5.69 Å². The minimum absolute atomic E-state index is 0.0555. The standard InChI is InChI=1S/C25H31FN6O7S/c1-14-11-15(5-6-16(14)26)12-27-19(34)17-18(33)21(36)32-13-24(30-40(4,38)39)7-9-25(10-8-24,23(32)28-17)29-20(35)22(37)31(2)3/h5-6,11,30,33H,7-10,12-13H2,1-4H3,(H,27,34)(H,29,35). The van der Waals surface area contributed by atoms with Crippen LogP contribution in [0.3, 0.4) is 0 Å². The van der Waals surface area contributed by atoms with Crippen molar-refractivity contribution >= 4 is 27.7 Å². The Morgan fingerprint density at radius 1 is 1.18 bits per heavy atom. The number of sulfonamides is 1. The zero-order valence-electron chi connectivity index (χ0n) is 22.5. The molecule has 4 N–H and O–H groups in total. The van der Waals surface area contributed by atoms with Crippen molar-refractivity contribution in [3.8, 4) is 5.75 Å². The van der Waals surface area contributed by atoms with Gasteiger partial charge in [-0.1, -0.05) is 12.1 Å². The van der Waals surface area contributed by atoms with Gasteiger partial charge >= 0.3 is 11.8 Å². The van der Waals surface area contributed by atoms with Crippen LogP contribution >= 0.6 is 0 Å². The van der Waals surface area contributed by atoms with Gasteiger partial charge < -0.3 is 20.6 Å². The molecule has 3 amide bonds. The molecule has 0 unspecified atom stereocenters. The lowest BCUT2D eigenvalue weighted by atomic mass is 9.73. The first-order valence-corrected chi connectivity index (χ1v) is 14.4. The van der Waals surface area contributed by atoms with Crippen LogP contribution in [0.5, 0.6) is 5.75 Å². The monoisotopic (exact) mass is 578 g/mol. The van der Waals surface area contributed by atoms with Crippen LogP contribution in [0.25, 0.3) is 0 Å². The first-order valence-electron chi connectivity index (χ1n) is 12.5. The lowest BCUT2D eigenvalue weighted by Gasteiger charge is -2.42. The number of fused-ring (bicyclic) bond motifs is 2. The number of hydrogen-bond donors (Lipinski definition) is 4. The maximum atomic E-state index is 13.6. The maximum absolute atomic E-state index is 13.6. The highest BCUT2D eigenvalue weighted by Gasteiger charge is 2.53. The summed E-state index contributed by atoms with van der Waals surface area (Å²) < 4.78 is 41.6. The number of nitrogens with zero attached hydrogens (tertiary/aromatic N) is 3. The van der Waals surface area contributed by atoms with E-state index in [2.05, 4.69) is 20.3 Å². The Hall–Kier alpha value is -3.85. The molecule has 13 nitrogen and oxygen atoms in total. The average molecular weight is 579 g/mol. The number of hydrogen-bond acceptors (Lipinski definition) is 8. The predicted molar refractivity (Wildman–Crippen MR) is 140 cm³/mol. The zero-order chi connectivity index (χ0) is 29.6. The Labute approximate surface area is 229 Å². The largest absolute Gasteiger partial charge is 0.501 e. The molecule has 15 heteroatoms. The molecule has 0 spiro atoms. The van der Waals surface area contributed by atoms with Gasteiger partial charge in [0.05, 0.1) is 17.3 Å². The number of nitrogens with one attached hydrogen (secondary N) is 3. The fourth-order valence-electron chi connectivity index (χ4n) is 5.32. The lowest BCUT2D eigenvalue weighted by molar-refractivity contribution is -0.145. The van der Waals surface area contributed by atoms with Crippen LogP contribution in [-0.4, -0.2) is 71.6 Å². The minimum Gasteiger partial charge on any atom is -0.501 e. The number of amides is 3. The molecule has 1 aromatic heterocycles. The SMILES string of the molecule is Cc1cc(CNC(=O)c2nc3n(c(=O)c2O)CC2(NS(C)(=O)=O)CCC3(NC(=O)C(=O)N(C)C)CC2)ccc1F. The Kier molecular flexibility index (Phi) is 7.49. The second kappa shape index (κ2) is 10.3. The molecule has 2 bridgehead atoms. The summed E-state index contributed by atoms with van der Waals surface area (Å²) in [5.74, 6) is -4.17. The number of carbonyl (C=O) groups excluding carboxylic acids is 3. The summed E-state index contributed by atoms with van der Waals surface area (Å²) in [7, 11) is -0.930. The van der Waals surface area contributed by atoms with Gasteiger partial charge in [0, 0.05) is 27.2 Å². The Bertz CT molecular complexity index is 1560. The highest BCUT2D eigenvalue weighted by Crippen LogP contribution is 2.45. The summed E-state index contributed by atoms with van der Waals surface area (Å²) in [6, 6.07) is 4.26. The number of rotatable bonds is 6. The van der Waals surface area contributed by atoms with Crippen molar-refractivity contribution in [2.45, 2.75) is 56.8 Å². The molecular formula is C25H31FN6O7S. The number of carbonyl (C=O) groups is 3. The van der Waals surface area contributed by atoms with Crippen LogP contribution in [0.15, 0.2) is 23.0 Å². The van der Waals surface area contributed by atoms with Crippen LogP contribution in [0.1, 0.15) is 53.1 Å². The van der Waals surface area contributed by atoms with Crippen molar-refractivity contribution in [1.82, 2.24) is 29.8 Å². The van der Waals surface area contributed by atoms with Crippen molar-refractivity contribution in [2.75, 3.05) is 20.4 Å². The molecule has 2 aliphatic heterocycles.